The van der Waals surface area contributed by atoms with E-state index in [0.717, 1.165) is 17.0 Å². The molecule has 0 aliphatic rings. The first-order chi connectivity index (χ1) is 9.90. The summed E-state index contributed by atoms with van der Waals surface area (Å²) >= 11 is 1.65. The first-order valence-electron chi connectivity index (χ1n) is 7.04. The van der Waals surface area contributed by atoms with E-state index in [1.165, 1.54) is 0 Å². The van der Waals surface area contributed by atoms with E-state index in [-0.39, 0.29) is 0 Å². The van der Waals surface area contributed by atoms with Crippen LogP contribution in [-0.2, 0) is 4.79 Å². The summed E-state index contributed by atoms with van der Waals surface area (Å²) in [7, 11) is 0. The largest absolute Gasteiger partial charge is 0.382 e. The molecular formula is C15H25N3O2S. The highest BCUT2D eigenvalue weighted by Crippen LogP contribution is 2.10. The van der Waals surface area contributed by atoms with Gasteiger partial charge < -0.3 is 10.8 Å². The van der Waals surface area contributed by atoms with Crippen molar-refractivity contribution in [3.63, 3.8) is 0 Å². The molecule has 0 radical (unpaired) electrons. The first-order valence-corrected chi connectivity index (χ1v) is 8.19. The number of aliphatic hydroxyl groups is 1. The van der Waals surface area contributed by atoms with Crippen LogP contribution in [0, 0.1) is 12.8 Å². The molecule has 5 N–H and O–H groups in total. The lowest BCUT2D eigenvalue weighted by atomic mass is 10.2. The standard InChI is InChI=1S/C15H25N3O2S/c1-10(2)8-21-9-13(16)14(19)15(20)18-17-12-6-4-11(3)5-7-12/h4-7,10,13-14,17,19H,8-9,16H2,1-3H3,(H,18,20)/t13-,14+/m1/s1. The Morgan fingerprint density at radius 3 is 2.48 bits per heavy atom. The molecule has 0 saturated carbocycles. The van der Waals surface area contributed by atoms with Crippen LogP contribution in [0.2, 0.25) is 0 Å². The van der Waals surface area contributed by atoms with Gasteiger partial charge in [0, 0.05) is 11.8 Å². The van der Waals surface area contributed by atoms with Gasteiger partial charge in [-0.05, 0) is 30.7 Å². The predicted molar refractivity (Wildman–Crippen MR) is 89.1 cm³/mol. The number of aryl methyl sites for hydroxylation is 1. The summed E-state index contributed by atoms with van der Waals surface area (Å²) in [5, 5.41) is 9.88. The smallest absolute Gasteiger partial charge is 0.268 e. The Kier molecular flexibility index (Phi) is 7.56. The molecule has 1 amide bonds. The first kappa shape index (κ1) is 17.8. The van der Waals surface area contributed by atoms with Crippen molar-refractivity contribution in [1.82, 2.24) is 5.43 Å². The molecule has 0 aromatic heterocycles. The third-order valence-corrected chi connectivity index (χ3v) is 4.34. The Bertz CT molecular complexity index is 437. The fourth-order valence-corrected chi connectivity index (χ4v) is 2.63. The predicted octanol–water partition coefficient (Wildman–Crippen LogP) is 1.52. The maximum absolute atomic E-state index is 11.8. The van der Waals surface area contributed by atoms with Crippen LogP contribution in [0.15, 0.2) is 24.3 Å². The van der Waals surface area contributed by atoms with Crippen molar-refractivity contribution in [2.24, 2.45) is 11.7 Å². The topological polar surface area (TPSA) is 87.4 Å². The zero-order valence-electron chi connectivity index (χ0n) is 12.8. The van der Waals surface area contributed by atoms with Gasteiger partial charge in [0.15, 0.2) is 0 Å². The quantitative estimate of drug-likeness (QED) is 0.547. The number of rotatable bonds is 8. The van der Waals surface area contributed by atoms with Gasteiger partial charge in [-0.25, -0.2) is 0 Å². The van der Waals surface area contributed by atoms with Gasteiger partial charge in [0.25, 0.3) is 5.91 Å². The molecule has 1 aromatic rings. The van der Waals surface area contributed by atoms with Gasteiger partial charge in [-0.15, -0.1) is 0 Å². The zero-order valence-corrected chi connectivity index (χ0v) is 13.6. The maximum atomic E-state index is 11.8. The number of benzene rings is 1. The molecule has 0 aliphatic carbocycles. The minimum Gasteiger partial charge on any atom is -0.382 e. The fraction of sp³-hybridized carbons (Fsp3) is 0.533. The second kappa shape index (κ2) is 8.92. The SMILES string of the molecule is Cc1ccc(NNC(=O)[C@@H](O)[C@H](N)CSCC(C)C)cc1. The number of thioether (sulfide) groups is 1. The summed E-state index contributed by atoms with van der Waals surface area (Å²) in [5.74, 6) is 1.56. The van der Waals surface area contributed by atoms with Crippen LogP contribution in [-0.4, -0.2) is 34.7 Å². The van der Waals surface area contributed by atoms with E-state index >= 15 is 0 Å². The molecule has 0 fully saturated rings. The number of hydrazine groups is 1. The molecule has 0 unspecified atom stereocenters. The molecule has 0 heterocycles. The van der Waals surface area contributed by atoms with Gasteiger partial charge in [0.05, 0.1) is 5.69 Å². The summed E-state index contributed by atoms with van der Waals surface area (Å²) in [6, 6.07) is 6.98. The van der Waals surface area contributed by atoms with Crippen LogP contribution in [0.25, 0.3) is 0 Å². The van der Waals surface area contributed by atoms with Gasteiger partial charge in [0.1, 0.15) is 6.10 Å². The van der Waals surface area contributed by atoms with E-state index < -0.39 is 18.1 Å². The molecular weight excluding hydrogens is 286 g/mol. The summed E-state index contributed by atoms with van der Waals surface area (Å²) in [4.78, 5) is 11.8. The van der Waals surface area contributed by atoms with E-state index in [1.54, 1.807) is 11.8 Å². The van der Waals surface area contributed by atoms with Crippen LogP contribution in [0.4, 0.5) is 5.69 Å². The summed E-state index contributed by atoms with van der Waals surface area (Å²) in [6.07, 6.45) is -1.22. The van der Waals surface area contributed by atoms with Crippen molar-refractivity contribution >= 4 is 23.4 Å². The maximum Gasteiger partial charge on any atom is 0.268 e. The Morgan fingerprint density at radius 2 is 1.90 bits per heavy atom. The second-order valence-corrected chi connectivity index (χ2v) is 6.60. The molecule has 118 valence electrons. The Morgan fingerprint density at radius 1 is 1.29 bits per heavy atom. The number of carbonyl (C=O) groups is 1. The molecule has 0 spiro atoms. The molecule has 0 aliphatic heterocycles. The van der Waals surface area contributed by atoms with Crippen molar-refractivity contribution in [3.05, 3.63) is 29.8 Å². The lowest BCUT2D eigenvalue weighted by Gasteiger charge is -2.19. The molecule has 21 heavy (non-hydrogen) atoms. The average Bonchev–Trinajstić information content (AvgIpc) is 2.45. The zero-order chi connectivity index (χ0) is 15.8. The highest BCUT2D eigenvalue weighted by Gasteiger charge is 2.22. The van der Waals surface area contributed by atoms with Crippen molar-refractivity contribution in [3.8, 4) is 0 Å². The van der Waals surface area contributed by atoms with E-state index in [2.05, 4.69) is 24.7 Å². The lowest BCUT2D eigenvalue weighted by Crippen LogP contribution is -2.49. The Hall–Kier alpha value is -1.24. The monoisotopic (exact) mass is 311 g/mol. The van der Waals surface area contributed by atoms with Crippen LogP contribution in [0.1, 0.15) is 19.4 Å². The molecule has 5 nitrogen and oxygen atoms in total. The molecule has 6 heteroatoms. The molecule has 1 aromatic carbocycles. The molecule has 0 bridgehead atoms. The number of anilines is 1. The number of hydrogen-bond acceptors (Lipinski definition) is 5. The minimum absolute atomic E-state index is 0.520. The van der Waals surface area contributed by atoms with Crippen molar-refractivity contribution in [2.45, 2.75) is 32.9 Å². The number of nitrogens with two attached hydrogens (primary N) is 1. The fourth-order valence-electron chi connectivity index (χ4n) is 1.57. The minimum atomic E-state index is -1.22. The van der Waals surface area contributed by atoms with Gasteiger partial charge in [0.2, 0.25) is 0 Å². The van der Waals surface area contributed by atoms with Crippen LogP contribution in [0.3, 0.4) is 0 Å². The summed E-state index contributed by atoms with van der Waals surface area (Å²) in [5.41, 5.74) is 13.0. The Labute approximate surface area is 130 Å². The molecule has 0 saturated heterocycles. The Balaban J connectivity index is 2.34. The van der Waals surface area contributed by atoms with Gasteiger partial charge >= 0.3 is 0 Å². The van der Waals surface area contributed by atoms with Crippen molar-refractivity contribution in [1.29, 1.82) is 0 Å². The van der Waals surface area contributed by atoms with Crippen molar-refractivity contribution in [2.75, 3.05) is 16.9 Å². The van der Waals surface area contributed by atoms with E-state index in [0.29, 0.717) is 11.7 Å². The number of aliphatic hydroxyl groups excluding tert-OH is 1. The van der Waals surface area contributed by atoms with Crippen LogP contribution in [0.5, 0.6) is 0 Å². The molecule has 1 rings (SSSR count). The average molecular weight is 311 g/mol. The highest BCUT2D eigenvalue weighted by molar-refractivity contribution is 7.99. The second-order valence-electron chi connectivity index (χ2n) is 5.52. The third-order valence-electron chi connectivity index (χ3n) is 2.82. The normalized spacial score (nSPS) is 13.8. The summed E-state index contributed by atoms with van der Waals surface area (Å²) < 4.78 is 0. The van der Waals surface area contributed by atoms with Gasteiger partial charge in [-0.1, -0.05) is 31.5 Å². The van der Waals surface area contributed by atoms with E-state index in [1.807, 2.05) is 31.2 Å². The van der Waals surface area contributed by atoms with Crippen LogP contribution >= 0.6 is 11.8 Å². The van der Waals surface area contributed by atoms with E-state index in [9.17, 15) is 9.90 Å². The van der Waals surface area contributed by atoms with Gasteiger partial charge in [-0.2, -0.15) is 11.8 Å². The lowest BCUT2D eigenvalue weighted by molar-refractivity contribution is -0.129. The number of hydrogen-bond donors (Lipinski definition) is 4. The van der Waals surface area contributed by atoms with Crippen molar-refractivity contribution < 1.29 is 9.90 Å². The van der Waals surface area contributed by atoms with E-state index in [4.69, 9.17) is 5.73 Å². The van der Waals surface area contributed by atoms with Crippen LogP contribution < -0.4 is 16.6 Å². The highest BCUT2D eigenvalue weighted by atomic mass is 32.2. The summed E-state index contributed by atoms with van der Waals surface area (Å²) in [6.45, 7) is 6.22. The third kappa shape index (κ3) is 6.84. The molecule has 2 atom stereocenters. The number of nitrogens with one attached hydrogen (secondary N) is 2. The number of carbonyl (C=O) groups excluding carboxylic acids is 1. The number of amides is 1. The van der Waals surface area contributed by atoms with Gasteiger partial charge in [-0.3, -0.25) is 15.6 Å².